The molecule has 1 N–H and O–H groups in total. The van der Waals surface area contributed by atoms with Crippen LogP contribution in [0.5, 0.6) is 0 Å². The molecule has 25 heavy (non-hydrogen) atoms. The van der Waals surface area contributed by atoms with E-state index in [1.165, 1.54) is 6.07 Å². The summed E-state index contributed by atoms with van der Waals surface area (Å²) in [4.78, 5) is 14.5. The summed E-state index contributed by atoms with van der Waals surface area (Å²) in [5, 5.41) is 3.40. The van der Waals surface area contributed by atoms with E-state index in [1.54, 1.807) is 24.3 Å². The first kappa shape index (κ1) is 17.9. The molecule has 1 fully saturated rings. The van der Waals surface area contributed by atoms with Crippen LogP contribution in [0.2, 0.25) is 5.02 Å². The number of amides is 1. The third kappa shape index (κ3) is 5.03. The highest BCUT2D eigenvalue weighted by Crippen LogP contribution is 2.23. The fourth-order valence-electron chi connectivity index (χ4n) is 3.38. The highest BCUT2D eigenvalue weighted by Gasteiger charge is 2.25. The van der Waals surface area contributed by atoms with Gasteiger partial charge in [0, 0.05) is 19.0 Å². The van der Waals surface area contributed by atoms with Crippen molar-refractivity contribution in [2.45, 2.75) is 31.7 Å². The highest BCUT2D eigenvalue weighted by molar-refractivity contribution is 6.33. The quantitative estimate of drug-likeness (QED) is 0.821. The molecular weight excluding hydrogens is 339 g/mol. The zero-order valence-electron chi connectivity index (χ0n) is 14.1. The summed E-state index contributed by atoms with van der Waals surface area (Å²) in [6, 6.07) is 14.4. The Morgan fingerprint density at radius 3 is 2.88 bits per heavy atom. The molecule has 0 aromatic heterocycles. The number of likely N-dealkylation sites (tertiary alicyclic amines) is 1. The minimum absolute atomic E-state index is 0.0375. The fourth-order valence-corrected chi connectivity index (χ4v) is 3.56. The van der Waals surface area contributed by atoms with Gasteiger partial charge < -0.3 is 5.32 Å². The topological polar surface area (TPSA) is 32.3 Å². The van der Waals surface area contributed by atoms with Crippen LogP contribution < -0.4 is 5.32 Å². The lowest BCUT2D eigenvalue weighted by Gasteiger charge is -2.24. The van der Waals surface area contributed by atoms with Crippen molar-refractivity contribution in [2.75, 3.05) is 18.4 Å². The lowest BCUT2D eigenvalue weighted by molar-refractivity contribution is -0.116. The van der Waals surface area contributed by atoms with Crippen molar-refractivity contribution in [3.63, 3.8) is 0 Å². The van der Waals surface area contributed by atoms with Crippen molar-refractivity contribution < 1.29 is 9.18 Å². The Morgan fingerprint density at radius 2 is 2.08 bits per heavy atom. The molecule has 0 bridgehead atoms. The smallest absolute Gasteiger partial charge is 0.225 e. The third-order valence-corrected chi connectivity index (χ3v) is 4.96. The monoisotopic (exact) mass is 360 g/mol. The van der Waals surface area contributed by atoms with E-state index in [0.717, 1.165) is 31.4 Å². The van der Waals surface area contributed by atoms with Crippen molar-refractivity contribution in [1.29, 1.82) is 0 Å². The molecule has 1 heterocycles. The van der Waals surface area contributed by atoms with Gasteiger partial charge in [-0.05, 0) is 55.6 Å². The third-order valence-electron chi connectivity index (χ3n) is 4.63. The van der Waals surface area contributed by atoms with Gasteiger partial charge in [0.15, 0.2) is 0 Å². The number of hydrogen-bond acceptors (Lipinski definition) is 2. The normalized spacial score (nSPS) is 17.6. The van der Waals surface area contributed by atoms with Crippen molar-refractivity contribution in [3.8, 4) is 0 Å². The molecule has 3 nitrogen and oxygen atoms in total. The van der Waals surface area contributed by atoms with E-state index in [4.69, 9.17) is 11.6 Å². The number of nitrogens with zero attached hydrogens (tertiary/aromatic N) is 1. The molecule has 1 atom stereocenters. The second-order valence-corrected chi connectivity index (χ2v) is 6.85. The van der Waals surface area contributed by atoms with Crippen LogP contribution in [0.15, 0.2) is 48.5 Å². The van der Waals surface area contributed by atoms with Gasteiger partial charge in [-0.15, -0.1) is 0 Å². The van der Waals surface area contributed by atoms with Gasteiger partial charge >= 0.3 is 0 Å². The van der Waals surface area contributed by atoms with E-state index in [1.807, 2.05) is 18.2 Å². The number of carbonyl (C=O) groups is 1. The molecule has 5 heteroatoms. The first-order valence-corrected chi connectivity index (χ1v) is 9.02. The minimum Gasteiger partial charge on any atom is -0.325 e. The second-order valence-electron chi connectivity index (χ2n) is 6.44. The standard InChI is InChI=1S/C20H22ClFN2O/c21-18-8-1-2-9-19(18)23-20(25)10-12-24-11-4-7-17(24)14-15-5-3-6-16(22)13-15/h1-3,5-6,8-9,13,17H,4,7,10-12,14H2,(H,23,25). The zero-order valence-corrected chi connectivity index (χ0v) is 14.8. The fraction of sp³-hybridized carbons (Fsp3) is 0.350. The largest absolute Gasteiger partial charge is 0.325 e. The van der Waals surface area contributed by atoms with Crippen molar-refractivity contribution >= 4 is 23.2 Å². The summed E-state index contributed by atoms with van der Waals surface area (Å²) in [5.41, 5.74) is 1.66. The molecule has 1 amide bonds. The molecule has 1 aliphatic heterocycles. The Bertz CT molecular complexity index is 737. The summed E-state index contributed by atoms with van der Waals surface area (Å²) in [5.74, 6) is -0.231. The molecule has 0 saturated carbocycles. The van der Waals surface area contributed by atoms with Crippen LogP contribution in [0.4, 0.5) is 10.1 Å². The Hall–Kier alpha value is -1.91. The Morgan fingerprint density at radius 1 is 1.24 bits per heavy atom. The predicted octanol–water partition coefficient (Wildman–Crippen LogP) is 4.51. The van der Waals surface area contributed by atoms with Crippen molar-refractivity contribution in [2.24, 2.45) is 0 Å². The predicted molar refractivity (Wildman–Crippen MR) is 99.4 cm³/mol. The Kier molecular flexibility index (Phi) is 6.05. The molecule has 2 aromatic rings. The molecule has 1 unspecified atom stereocenters. The average Bonchev–Trinajstić information content (AvgIpc) is 3.02. The van der Waals surface area contributed by atoms with Gasteiger partial charge in [0.05, 0.1) is 10.7 Å². The van der Waals surface area contributed by atoms with Gasteiger partial charge in [-0.1, -0.05) is 35.9 Å². The van der Waals surface area contributed by atoms with Crippen LogP contribution in [-0.4, -0.2) is 29.9 Å². The molecule has 1 aliphatic rings. The van der Waals surface area contributed by atoms with Crippen LogP contribution in [0, 0.1) is 5.82 Å². The lowest BCUT2D eigenvalue weighted by Crippen LogP contribution is -2.33. The van der Waals surface area contributed by atoms with E-state index < -0.39 is 0 Å². The molecule has 3 rings (SSSR count). The molecule has 132 valence electrons. The molecule has 0 aliphatic carbocycles. The van der Waals surface area contributed by atoms with Crippen molar-refractivity contribution in [1.82, 2.24) is 4.90 Å². The van der Waals surface area contributed by atoms with Crippen LogP contribution in [0.3, 0.4) is 0 Å². The summed E-state index contributed by atoms with van der Waals surface area (Å²) in [7, 11) is 0. The van der Waals surface area contributed by atoms with Gasteiger partial charge in [0.2, 0.25) is 5.91 Å². The number of carbonyl (C=O) groups excluding carboxylic acids is 1. The highest BCUT2D eigenvalue weighted by atomic mass is 35.5. The Balaban J connectivity index is 1.51. The number of benzene rings is 2. The summed E-state index contributed by atoms with van der Waals surface area (Å²) >= 11 is 6.07. The SMILES string of the molecule is O=C(CCN1CCCC1Cc1cccc(F)c1)Nc1ccccc1Cl. The van der Waals surface area contributed by atoms with E-state index in [-0.39, 0.29) is 11.7 Å². The molecule has 1 saturated heterocycles. The number of halogens is 2. The number of hydrogen-bond donors (Lipinski definition) is 1. The number of para-hydroxylation sites is 1. The van der Waals surface area contributed by atoms with E-state index in [0.29, 0.717) is 29.7 Å². The maximum atomic E-state index is 13.4. The summed E-state index contributed by atoms with van der Waals surface area (Å²) in [6.07, 6.45) is 3.45. The van der Waals surface area contributed by atoms with Gasteiger partial charge in [-0.3, -0.25) is 9.69 Å². The first-order valence-electron chi connectivity index (χ1n) is 8.65. The van der Waals surface area contributed by atoms with Gasteiger partial charge in [-0.25, -0.2) is 4.39 Å². The number of nitrogens with one attached hydrogen (secondary N) is 1. The first-order chi connectivity index (χ1) is 12.1. The average molecular weight is 361 g/mol. The van der Waals surface area contributed by atoms with Gasteiger partial charge in [0.1, 0.15) is 5.82 Å². The number of anilines is 1. The van der Waals surface area contributed by atoms with Crippen LogP contribution in [0.1, 0.15) is 24.8 Å². The maximum Gasteiger partial charge on any atom is 0.225 e. The van der Waals surface area contributed by atoms with Crippen LogP contribution in [0.25, 0.3) is 0 Å². The van der Waals surface area contributed by atoms with E-state index >= 15 is 0 Å². The van der Waals surface area contributed by atoms with Gasteiger partial charge in [-0.2, -0.15) is 0 Å². The Labute approximate surface area is 152 Å². The van der Waals surface area contributed by atoms with E-state index in [9.17, 15) is 9.18 Å². The van der Waals surface area contributed by atoms with Crippen LogP contribution >= 0.6 is 11.6 Å². The minimum atomic E-state index is -0.193. The van der Waals surface area contributed by atoms with Crippen molar-refractivity contribution in [3.05, 3.63) is 64.9 Å². The lowest BCUT2D eigenvalue weighted by atomic mass is 10.0. The molecule has 2 aromatic carbocycles. The number of rotatable bonds is 6. The molecular formula is C20H22ClFN2O. The zero-order chi connectivity index (χ0) is 17.6. The summed E-state index contributed by atoms with van der Waals surface area (Å²) in [6.45, 7) is 1.69. The van der Waals surface area contributed by atoms with E-state index in [2.05, 4.69) is 10.2 Å². The molecule has 0 radical (unpaired) electrons. The molecule has 0 spiro atoms. The second kappa shape index (κ2) is 8.45. The van der Waals surface area contributed by atoms with Crippen LogP contribution in [-0.2, 0) is 11.2 Å². The van der Waals surface area contributed by atoms with Gasteiger partial charge in [0.25, 0.3) is 0 Å². The summed E-state index contributed by atoms with van der Waals surface area (Å²) < 4.78 is 13.4. The maximum absolute atomic E-state index is 13.4.